The summed E-state index contributed by atoms with van der Waals surface area (Å²) < 4.78 is 30.9. The fourth-order valence-corrected chi connectivity index (χ4v) is 2.57. The Bertz CT molecular complexity index is 161. The van der Waals surface area contributed by atoms with E-state index in [0.717, 1.165) is 0 Å². The van der Waals surface area contributed by atoms with Crippen molar-refractivity contribution >= 4 is 30.8 Å². The molecule has 0 N–H and O–H groups in total. The standard InChI is InChI=1S/2C6H15O3P.2CO.Ni/c2*1-4-7-10(8-5-2)9-6-3;2*1-2;/h2*4-6H2,1-3H3;;;. The van der Waals surface area contributed by atoms with Crippen molar-refractivity contribution < 1.29 is 53.2 Å². The molecule has 0 aliphatic carbocycles. The fraction of sp³-hybridized carbons (Fsp3) is 0.857. The molecule has 0 aliphatic rings. The molecule has 154 valence electrons. The Morgan fingerprint density at radius 1 is 0.480 bits per heavy atom. The predicted octanol–water partition coefficient (Wildman–Crippen LogP) is 3.85. The average Bonchev–Trinajstić information content (AvgIpc) is 2.61. The van der Waals surface area contributed by atoms with Gasteiger partial charge >= 0.3 is 17.2 Å². The number of hydrogen-bond donors (Lipinski definition) is 0. The SMILES string of the molecule is CCOP(OCC)OCC.CCOP(OCC)OCC.[C]=O.[C]=O.[Ni]. The molecule has 0 aromatic heterocycles. The molecule has 0 aromatic rings. The minimum Gasteiger partial charge on any atom is -0.313 e. The molecule has 0 rings (SSSR count). The molecule has 0 amide bonds. The van der Waals surface area contributed by atoms with Crippen LogP contribution in [0.15, 0.2) is 0 Å². The summed E-state index contributed by atoms with van der Waals surface area (Å²) in [4.78, 5) is 15.0. The van der Waals surface area contributed by atoms with Gasteiger partial charge in [-0.2, -0.15) is 0 Å². The van der Waals surface area contributed by atoms with Gasteiger partial charge in [0, 0.05) is 16.5 Å². The van der Waals surface area contributed by atoms with Gasteiger partial charge in [-0.1, -0.05) is 0 Å². The first-order valence-electron chi connectivity index (χ1n) is 7.48. The maximum absolute atomic E-state index is 7.50. The van der Waals surface area contributed by atoms with Gasteiger partial charge in [-0.15, -0.1) is 0 Å². The fourth-order valence-electron chi connectivity index (χ4n) is 0.856. The van der Waals surface area contributed by atoms with Crippen LogP contribution in [0.3, 0.4) is 0 Å². The molecule has 0 atom stereocenters. The number of rotatable bonds is 12. The van der Waals surface area contributed by atoms with E-state index < -0.39 is 17.2 Å². The zero-order chi connectivity index (χ0) is 19.6. The molecule has 0 saturated heterocycles. The molecule has 0 spiro atoms. The van der Waals surface area contributed by atoms with Crippen LogP contribution in [0.25, 0.3) is 0 Å². The first-order chi connectivity index (χ1) is 11.7. The predicted molar refractivity (Wildman–Crippen MR) is 95.0 cm³/mol. The number of carbonyl (C=O) groups excluding carboxylic acids is 2. The van der Waals surface area contributed by atoms with Gasteiger partial charge < -0.3 is 27.1 Å². The van der Waals surface area contributed by atoms with Crippen molar-refractivity contribution in [2.24, 2.45) is 0 Å². The van der Waals surface area contributed by atoms with E-state index >= 15 is 0 Å². The van der Waals surface area contributed by atoms with Crippen LogP contribution in [0.1, 0.15) is 41.5 Å². The van der Waals surface area contributed by atoms with Gasteiger partial charge in [0.15, 0.2) is 0 Å². The van der Waals surface area contributed by atoms with Gasteiger partial charge in [0.25, 0.3) is 13.6 Å². The second-order valence-corrected chi connectivity index (χ2v) is 5.40. The van der Waals surface area contributed by atoms with E-state index in [4.69, 9.17) is 36.7 Å². The van der Waals surface area contributed by atoms with Crippen molar-refractivity contribution in [3.8, 4) is 0 Å². The topological polar surface area (TPSA) is 89.5 Å². The maximum Gasteiger partial charge on any atom is 0.332 e. The monoisotopic (exact) mass is 446 g/mol. The maximum atomic E-state index is 7.50. The van der Waals surface area contributed by atoms with Crippen molar-refractivity contribution in [1.82, 2.24) is 0 Å². The zero-order valence-corrected chi connectivity index (χ0v) is 18.5. The molecule has 11 heteroatoms. The van der Waals surface area contributed by atoms with E-state index in [1.165, 1.54) is 0 Å². The zero-order valence-electron chi connectivity index (χ0n) is 15.7. The van der Waals surface area contributed by atoms with Crippen molar-refractivity contribution in [3.05, 3.63) is 0 Å². The average molecular weight is 447 g/mol. The molecule has 8 nitrogen and oxygen atoms in total. The molecule has 25 heavy (non-hydrogen) atoms. The Hall–Kier alpha value is 0.454. The van der Waals surface area contributed by atoms with E-state index in [2.05, 4.69) is 13.6 Å². The molecule has 0 aromatic carbocycles. The van der Waals surface area contributed by atoms with Gasteiger partial charge in [-0.3, -0.25) is 9.59 Å². The second-order valence-electron chi connectivity index (χ2n) is 2.95. The third kappa shape index (κ3) is 36.2. The summed E-state index contributed by atoms with van der Waals surface area (Å²) in [5.41, 5.74) is 0. The Morgan fingerprint density at radius 2 is 0.600 bits per heavy atom. The second kappa shape index (κ2) is 39.5. The first-order valence-corrected chi connectivity index (χ1v) is 9.67. The van der Waals surface area contributed by atoms with Gasteiger partial charge in [0.2, 0.25) is 0 Å². The summed E-state index contributed by atoms with van der Waals surface area (Å²) in [5, 5.41) is 0. The van der Waals surface area contributed by atoms with E-state index in [-0.39, 0.29) is 16.5 Å². The van der Waals surface area contributed by atoms with Crippen LogP contribution in [0.5, 0.6) is 0 Å². The van der Waals surface area contributed by atoms with Gasteiger partial charge in [-0.25, -0.2) is 0 Å². The smallest absolute Gasteiger partial charge is 0.313 e. The summed E-state index contributed by atoms with van der Waals surface area (Å²) in [5.74, 6) is 0. The van der Waals surface area contributed by atoms with Gasteiger partial charge in [-0.05, 0) is 41.5 Å². The van der Waals surface area contributed by atoms with Crippen LogP contribution in [0.4, 0.5) is 0 Å². The van der Waals surface area contributed by atoms with Crippen molar-refractivity contribution in [3.63, 3.8) is 0 Å². The van der Waals surface area contributed by atoms with Gasteiger partial charge in [0.1, 0.15) is 0 Å². The molecular formula is C14H30NiO8P2. The van der Waals surface area contributed by atoms with Gasteiger partial charge in [0.05, 0.1) is 39.6 Å². The summed E-state index contributed by atoms with van der Waals surface area (Å²) in [6.07, 6.45) is 0. The van der Waals surface area contributed by atoms with Crippen molar-refractivity contribution in [2.75, 3.05) is 39.6 Å². The Labute approximate surface area is 165 Å². The van der Waals surface area contributed by atoms with E-state index in [9.17, 15) is 0 Å². The van der Waals surface area contributed by atoms with E-state index in [0.29, 0.717) is 39.6 Å². The molecule has 4 radical (unpaired) electrons. The van der Waals surface area contributed by atoms with E-state index in [1.807, 2.05) is 41.5 Å². The number of hydrogen-bond acceptors (Lipinski definition) is 8. The molecule has 0 bridgehead atoms. The molecule has 0 saturated carbocycles. The molecule has 0 heterocycles. The Balaban J connectivity index is -0.0000000858. The molecule has 0 aliphatic heterocycles. The van der Waals surface area contributed by atoms with Crippen LogP contribution >= 0.6 is 17.2 Å². The van der Waals surface area contributed by atoms with Crippen LogP contribution in [0.2, 0.25) is 0 Å². The minimum absolute atomic E-state index is 0. The minimum atomic E-state index is -1.06. The Kier molecular flexibility index (Phi) is 57.5. The van der Waals surface area contributed by atoms with E-state index in [1.54, 1.807) is 0 Å². The van der Waals surface area contributed by atoms with Crippen LogP contribution in [-0.4, -0.2) is 53.2 Å². The van der Waals surface area contributed by atoms with Crippen molar-refractivity contribution in [1.29, 1.82) is 0 Å². The third-order valence-electron chi connectivity index (χ3n) is 1.41. The summed E-state index contributed by atoms with van der Waals surface area (Å²) in [6, 6.07) is 0. The molecule has 0 unspecified atom stereocenters. The van der Waals surface area contributed by atoms with Crippen LogP contribution in [0, 0.1) is 0 Å². The third-order valence-corrected chi connectivity index (χ3v) is 4.22. The first kappa shape index (κ1) is 36.4. The molecule has 0 fully saturated rings. The summed E-state index contributed by atoms with van der Waals surface area (Å²) >= 11 is 0. The largest absolute Gasteiger partial charge is 0.332 e. The summed E-state index contributed by atoms with van der Waals surface area (Å²) in [6.45, 7) is 24.4. The normalized spacial score (nSPS) is 8.96. The van der Waals surface area contributed by atoms with Crippen molar-refractivity contribution in [2.45, 2.75) is 41.5 Å². The quantitative estimate of drug-likeness (QED) is 0.330. The summed E-state index contributed by atoms with van der Waals surface area (Å²) in [7, 11) is -2.12. The van der Waals surface area contributed by atoms with Crippen LogP contribution < -0.4 is 0 Å². The van der Waals surface area contributed by atoms with Crippen LogP contribution in [-0.2, 0) is 53.2 Å². The Morgan fingerprint density at radius 3 is 0.680 bits per heavy atom. The molecular weight excluding hydrogens is 417 g/mol.